The van der Waals surface area contributed by atoms with E-state index in [-0.39, 0.29) is 41.1 Å². The van der Waals surface area contributed by atoms with Crippen molar-refractivity contribution >= 4 is 34.3 Å². The number of sulfonamides is 1. The molecule has 2 aromatic carbocycles. The number of hydrogen-bond donors (Lipinski definition) is 2. The first-order valence-electron chi connectivity index (χ1n) is 11.1. The lowest BCUT2D eigenvalue weighted by atomic mass is 10.00. The molecule has 11 heteroatoms. The summed E-state index contributed by atoms with van der Waals surface area (Å²) in [5.74, 6) is -0.107. The summed E-state index contributed by atoms with van der Waals surface area (Å²) >= 11 is 0. The molecule has 35 heavy (non-hydrogen) atoms. The molecule has 0 aliphatic carbocycles. The zero-order valence-corrected chi connectivity index (χ0v) is 20.9. The molecule has 2 aliphatic rings. The Morgan fingerprint density at radius 2 is 1.80 bits per heavy atom. The maximum Gasteiger partial charge on any atom is 0.264 e. The zero-order chi connectivity index (χ0) is 23.9. The number of nitrogens with one attached hydrogen (secondary N) is 2. The molecule has 2 N–H and O–H groups in total. The van der Waals surface area contributed by atoms with E-state index < -0.39 is 10.0 Å². The van der Waals surface area contributed by atoms with Crippen molar-refractivity contribution in [3.8, 4) is 17.1 Å². The summed E-state index contributed by atoms with van der Waals surface area (Å²) in [4.78, 5) is 23.7. The Kier molecular flexibility index (Phi) is 6.98. The summed E-state index contributed by atoms with van der Waals surface area (Å²) < 4.78 is 35.0. The normalized spacial score (nSPS) is 19.0. The maximum absolute atomic E-state index is 13.2. The molecule has 1 aromatic heterocycles. The van der Waals surface area contributed by atoms with Crippen LogP contribution >= 0.6 is 12.4 Å². The van der Waals surface area contributed by atoms with E-state index in [0.29, 0.717) is 37.4 Å². The summed E-state index contributed by atoms with van der Waals surface area (Å²) in [6.45, 7) is 5.90. The number of rotatable bonds is 1. The highest BCUT2D eigenvalue weighted by Crippen LogP contribution is 2.30. The van der Waals surface area contributed by atoms with Crippen molar-refractivity contribution in [2.75, 3.05) is 30.9 Å². The van der Waals surface area contributed by atoms with Gasteiger partial charge in [-0.2, -0.15) is 4.98 Å². The number of ether oxygens (including phenoxy) is 1. The average molecular weight is 516 g/mol. The van der Waals surface area contributed by atoms with E-state index in [2.05, 4.69) is 20.0 Å². The van der Waals surface area contributed by atoms with Gasteiger partial charge in [-0.3, -0.25) is 4.79 Å². The Balaban J connectivity index is 0.00000289. The molecule has 1 amide bonds. The van der Waals surface area contributed by atoms with Gasteiger partial charge in [0.15, 0.2) is 0 Å². The van der Waals surface area contributed by atoms with Crippen LogP contribution in [0.15, 0.2) is 53.4 Å². The standard InChI is InChI=1S/C24H25N5O4S.ClH/c1-15-5-3-6-16(2)22(15)20-12-21-27-24(26-20)28-34(31,32)19-8-4-7-17(11-19)23(30)29-10-9-25-13-18(14-29)33-21;/h3-8,11-12,18,25H,9-10,13-14H2,1-2H3,(H,26,27,28);1H/t18-;/m1./s1. The molecule has 0 radical (unpaired) electrons. The number of fused-ring (bicyclic) bond motifs is 6. The van der Waals surface area contributed by atoms with Crippen LogP contribution in [0.1, 0.15) is 21.5 Å². The molecule has 0 unspecified atom stereocenters. The quantitative estimate of drug-likeness (QED) is 0.512. The van der Waals surface area contributed by atoms with E-state index in [0.717, 1.165) is 16.7 Å². The molecular formula is C24H26ClN5O4S. The van der Waals surface area contributed by atoms with Gasteiger partial charge in [0, 0.05) is 36.8 Å². The van der Waals surface area contributed by atoms with Crippen molar-refractivity contribution < 1.29 is 17.9 Å². The molecule has 5 rings (SSSR count). The van der Waals surface area contributed by atoms with Crippen LogP contribution in [0.2, 0.25) is 0 Å². The first-order chi connectivity index (χ1) is 16.3. The van der Waals surface area contributed by atoms with Gasteiger partial charge in [-0.25, -0.2) is 18.1 Å². The van der Waals surface area contributed by atoms with Gasteiger partial charge in [0.05, 0.1) is 17.1 Å². The number of carbonyl (C=O) groups excluding carboxylic acids is 1. The van der Waals surface area contributed by atoms with Gasteiger partial charge in [-0.15, -0.1) is 12.4 Å². The molecule has 1 atom stereocenters. The number of benzene rings is 2. The Morgan fingerprint density at radius 1 is 1.06 bits per heavy atom. The van der Waals surface area contributed by atoms with E-state index in [1.165, 1.54) is 12.1 Å². The number of hydrogen-bond acceptors (Lipinski definition) is 7. The third kappa shape index (κ3) is 5.09. The number of aryl methyl sites for hydroxylation is 2. The van der Waals surface area contributed by atoms with Crippen LogP contribution in [-0.4, -0.2) is 61.5 Å². The molecule has 1 fully saturated rings. The predicted molar refractivity (Wildman–Crippen MR) is 135 cm³/mol. The van der Waals surface area contributed by atoms with Crippen LogP contribution in [0.25, 0.3) is 11.3 Å². The molecule has 1 saturated heterocycles. The van der Waals surface area contributed by atoms with Crippen LogP contribution in [0.4, 0.5) is 5.95 Å². The van der Waals surface area contributed by atoms with E-state index in [4.69, 9.17) is 4.74 Å². The van der Waals surface area contributed by atoms with E-state index >= 15 is 0 Å². The van der Waals surface area contributed by atoms with Crippen molar-refractivity contribution in [2.24, 2.45) is 0 Å². The van der Waals surface area contributed by atoms with Gasteiger partial charge < -0.3 is 15.0 Å². The second kappa shape index (κ2) is 9.80. The minimum atomic E-state index is -4.04. The van der Waals surface area contributed by atoms with Gasteiger partial charge in [0.1, 0.15) is 6.10 Å². The lowest BCUT2D eigenvalue weighted by Gasteiger charge is -2.24. The fourth-order valence-electron chi connectivity index (χ4n) is 4.35. The molecule has 9 nitrogen and oxygen atoms in total. The number of nitrogens with zero attached hydrogens (tertiary/aromatic N) is 3. The smallest absolute Gasteiger partial charge is 0.264 e. The Labute approximate surface area is 210 Å². The number of anilines is 1. The maximum atomic E-state index is 13.2. The highest BCUT2D eigenvalue weighted by Gasteiger charge is 2.27. The molecular weight excluding hydrogens is 490 g/mol. The SMILES string of the molecule is Cc1cccc(C)c1-c1cc2nc(n1)NS(=O)(=O)c1cccc(c1)C(=O)N1CCNC[C@H](C1)O2.Cl. The molecule has 3 aromatic rings. The topological polar surface area (TPSA) is 114 Å². The summed E-state index contributed by atoms with van der Waals surface area (Å²) in [6, 6.07) is 13.6. The Bertz CT molecular complexity index is 1360. The molecule has 184 valence electrons. The number of amides is 1. The zero-order valence-electron chi connectivity index (χ0n) is 19.3. The average Bonchev–Trinajstić information content (AvgIpc) is 3.03. The minimum Gasteiger partial charge on any atom is -0.471 e. The van der Waals surface area contributed by atoms with Crippen LogP contribution < -0.4 is 14.8 Å². The fourth-order valence-corrected chi connectivity index (χ4v) is 5.34. The Morgan fingerprint density at radius 3 is 2.57 bits per heavy atom. The van der Waals surface area contributed by atoms with Crippen molar-refractivity contribution in [3.63, 3.8) is 0 Å². The molecule has 2 aliphatic heterocycles. The third-order valence-electron chi connectivity index (χ3n) is 5.99. The number of halogens is 1. The van der Waals surface area contributed by atoms with Crippen molar-refractivity contribution in [1.82, 2.24) is 20.2 Å². The van der Waals surface area contributed by atoms with Crippen molar-refractivity contribution in [2.45, 2.75) is 24.8 Å². The second-order valence-corrected chi connectivity index (χ2v) is 10.2. The van der Waals surface area contributed by atoms with Gasteiger partial charge >= 0.3 is 0 Å². The summed E-state index contributed by atoms with van der Waals surface area (Å²) in [6.07, 6.45) is -0.374. The molecule has 3 heterocycles. The first kappa shape index (κ1) is 24.9. The van der Waals surface area contributed by atoms with Gasteiger partial charge in [0.2, 0.25) is 11.8 Å². The van der Waals surface area contributed by atoms with Crippen molar-refractivity contribution in [1.29, 1.82) is 0 Å². The van der Waals surface area contributed by atoms with Crippen LogP contribution in [0.3, 0.4) is 0 Å². The highest BCUT2D eigenvalue weighted by molar-refractivity contribution is 7.92. The van der Waals surface area contributed by atoms with Crippen LogP contribution in [0.5, 0.6) is 5.88 Å². The summed E-state index contributed by atoms with van der Waals surface area (Å²) in [7, 11) is -4.04. The van der Waals surface area contributed by atoms with Gasteiger partial charge in [0.25, 0.3) is 15.9 Å². The van der Waals surface area contributed by atoms with Gasteiger partial charge in [-0.05, 0) is 43.2 Å². The largest absolute Gasteiger partial charge is 0.471 e. The van der Waals surface area contributed by atoms with Crippen LogP contribution in [-0.2, 0) is 10.0 Å². The number of aromatic nitrogens is 2. The fraction of sp³-hybridized carbons (Fsp3) is 0.292. The van der Waals surface area contributed by atoms with Gasteiger partial charge in [-0.1, -0.05) is 24.3 Å². The lowest BCUT2D eigenvalue weighted by molar-refractivity contribution is 0.0693. The molecule has 6 bridgehead atoms. The third-order valence-corrected chi connectivity index (χ3v) is 7.31. The second-order valence-electron chi connectivity index (χ2n) is 8.51. The van der Waals surface area contributed by atoms with Crippen molar-refractivity contribution in [3.05, 3.63) is 65.2 Å². The van der Waals surface area contributed by atoms with Crippen LogP contribution in [0, 0.1) is 13.8 Å². The van der Waals surface area contributed by atoms with E-state index in [9.17, 15) is 13.2 Å². The predicted octanol–water partition coefficient (Wildman–Crippen LogP) is 2.79. The lowest BCUT2D eigenvalue weighted by Crippen LogP contribution is -2.40. The minimum absolute atomic E-state index is 0. The van der Waals surface area contributed by atoms with E-state index in [1.807, 2.05) is 32.0 Å². The van der Waals surface area contributed by atoms with E-state index in [1.54, 1.807) is 23.1 Å². The Hall–Kier alpha value is -3.21. The number of carbonyl (C=O) groups is 1. The molecule has 0 spiro atoms. The monoisotopic (exact) mass is 515 g/mol. The molecule has 0 saturated carbocycles. The summed E-state index contributed by atoms with van der Waals surface area (Å²) in [5.41, 5.74) is 3.73. The highest BCUT2D eigenvalue weighted by atomic mass is 35.5. The summed E-state index contributed by atoms with van der Waals surface area (Å²) in [5, 5.41) is 3.30. The first-order valence-corrected chi connectivity index (χ1v) is 12.5.